The summed E-state index contributed by atoms with van der Waals surface area (Å²) in [5.74, 6) is 0. The summed E-state index contributed by atoms with van der Waals surface area (Å²) in [6, 6.07) is 0. The number of ether oxygens (including phenoxy) is 2. The molecule has 0 aromatic rings. The van der Waals surface area contributed by atoms with Crippen LogP contribution in [0.1, 0.15) is 41.5 Å². The highest BCUT2D eigenvalue weighted by molar-refractivity contribution is 5.14. The van der Waals surface area contributed by atoms with E-state index in [4.69, 9.17) is 9.47 Å². The molecule has 0 rings (SSSR count). The molecule has 0 amide bonds. The van der Waals surface area contributed by atoms with Gasteiger partial charge in [0.2, 0.25) is 0 Å². The molecule has 0 spiro atoms. The SMILES string of the molecule is C=[N+](C)C(OC(C)(C)C)OC(C)(C)C. The molecule has 0 saturated carbocycles. The second-order valence-corrected chi connectivity index (χ2v) is 5.52. The van der Waals surface area contributed by atoms with Crippen LogP contribution in [-0.2, 0) is 9.47 Å². The van der Waals surface area contributed by atoms with Crippen LogP contribution in [0.5, 0.6) is 0 Å². The monoisotopic (exact) mass is 202 g/mol. The molecular formula is C11H24NO2+. The maximum absolute atomic E-state index is 5.72. The minimum absolute atomic E-state index is 0.234. The summed E-state index contributed by atoms with van der Waals surface area (Å²) in [6.07, 6.45) is -0.407. The molecule has 0 aliphatic rings. The van der Waals surface area contributed by atoms with Crippen LogP contribution in [0.15, 0.2) is 0 Å². The lowest BCUT2D eigenvalue weighted by Gasteiger charge is -2.28. The average Bonchev–Trinajstić information content (AvgIpc) is 1.78. The Morgan fingerprint density at radius 2 is 1.21 bits per heavy atom. The van der Waals surface area contributed by atoms with Gasteiger partial charge >= 0.3 is 6.41 Å². The van der Waals surface area contributed by atoms with E-state index in [2.05, 4.69) is 6.72 Å². The van der Waals surface area contributed by atoms with Crippen molar-refractivity contribution >= 4 is 6.72 Å². The largest absolute Gasteiger partial charge is 0.376 e. The first kappa shape index (κ1) is 13.6. The minimum Gasteiger partial charge on any atom is -0.292 e. The van der Waals surface area contributed by atoms with E-state index in [1.54, 1.807) is 4.58 Å². The van der Waals surface area contributed by atoms with Gasteiger partial charge in [-0.1, -0.05) is 0 Å². The Kier molecular flexibility index (Phi) is 4.28. The minimum atomic E-state index is -0.407. The predicted octanol–water partition coefficient (Wildman–Crippen LogP) is 2.24. The molecular weight excluding hydrogens is 178 g/mol. The van der Waals surface area contributed by atoms with E-state index in [1.165, 1.54) is 0 Å². The van der Waals surface area contributed by atoms with E-state index in [0.29, 0.717) is 0 Å². The van der Waals surface area contributed by atoms with Gasteiger partial charge in [-0.05, 0) is 41.5 Å². The van der Waals surface area contributed by atoms with E-state index in [9.17, 15) is 0 Å². The first-order valence-corrected chi connectivity index (χ1v) is 4.90. The number of hydrogen-bond donors (Lipinski definition) is 0. The third kappa shape index (κ3) is 7.04. The van der Waals surface area contributed by atoms with Crippen LogP contribution < -0.4 is 0 Å². The molecule has 14 heavy (non-hydrogen) atoms. The second-order valence-electron chi connectivity index (χ2n) is 5.52. The van der Waals surface area contributed by atoms with Gasteiger partial charge in [-0.2, -0.15) is 4.58 Å². The zero-order valence-electron chi connectivity index (χ0n) is 10.5. The Balaban J connectivity index is 4.40. The fraction of sp³-hybridized carbons (Fsp3) is 0.909. The summed E-state index contributed by atoms with van der Waals surface area (Å²) in [5.41, 5.74) is -0.469. The fourth-order valence-corrected chi connectivity index (χ4v) is 0.809. The normalized spacial score (nSPS) is 13.4. The predicted molar refractivity (Wildman–Crippen MR) is 58.8 cm³/mol. The molecule has 0 aliphatic carbocycles. The Morgan fingerprint density at radius 3 is 1.36 bits per heavy atom. The van der Waals surface area contributed by atoms with Crippen LogP contribution >= 0.6 is 0 Å². The van der Waals surface area contributed by atoms with Crippen LogP contribution in [0, 0.1) is 0 Å². The quantitative estimate of drug-likeness (QED) is 0.398. The van der Waals surface area contributed by atoms with Gasteiger partial charge in [0.05, 0.1) is 11.2 Å². The van der Waals surface area contributed by atoms with Crippen molar-refractivity contribution in [3.63, 3.8) is 0 Å². The number of nitrogens with zero attached hydrogens (tertiary/aromatic N) is 1. The zero-order valence-corrected chi connectivity index (χ0v) is 10.5. The number of hydrogen-bond acceptors (Lipinski definition) is 2. The smallest absolute Gasteiger partial charge is 0.292 e. The third-order valence-electron chi connectivity index (χ3n) is 1.27. The van der Waals surface area contributed by atoms with Crippen LogP contribution in [0.3, 0.4) is 0 Å². The Hall–Kier alpha value is -0.410. The van der Waals surface area contributed by atoms with E-state index < -0.39 is 6.41 Å². The fourth-order valence-electron chi connectivity index (χ4n) is 0.809. The summed E-state index contributed by atoms with van der Waals surface area (Å²) >= 11 is 0. The molecule has 0 unspecified atom stereocenters. The molecule has 0 heterocycles. The Bertz CT molecular complexity index is 182. The van der Waals surface area contributed by atoms with Crippen molar-refractivity contribution in [3.05, 3.63) is 0 Å². The molecule has 0 aromatic heterocycles. The van der Waals surface area contributed by atoms with Crippen molar-refractivity contribution in [3.8, 4) is 0 Å². The van der Waals surface area contributed by atoms with Crippen molar-refractivity contribution < 1.29 is 14.0 Å². The Labute approximate surface area is 87.7 Å². The maximum Gasteiger partial charge on any atom is 0.376 e. The molecule has 3 nitrogen and oxygen atoms in total. The molecule has 0 aromatic carbocycles. The van der Waals surface area contributed by atoms with Gasteiger partial charge < -0.3 is 0 Å². The lowest BCUT2D eigenvalue weighted by molar-refractivity contribution is -0.653. The van der Waals surface area contributed by atoms with E-state index >= 15 is 0 Å². The lowest BCUT2D eigenvalue weighted by Crippen LogP contribution is -2.40. The second kappa shape index (κ2) is 4.41. The molecule has 0 saturated heterocycles. The third-order valence-corrected chi connectivity index (χ3v) is 1.27. The van der Waals surface area contributed by atoms with Gasteiger partial charge in [-0.25, -0.2) is 0 Å². The topological polar surface area (TPSA) is 21.5 Å². The van der Waals surface area contributed by atoms with Crippen molar-refractivity contribution in [2.75, 3.05) is 7.05 Å². The molecule has 0 aliphatic heterocycles. The summed E-state index contributed by atoms with van der Waals surface area (Å²) in [4.78, 5) is 0. The maximum atomic E-state index is 5.72. The molecule has 0 bridgehead atoms. The van der Waals surface area contributed by atoms with Gasteiger partial charge in [-0.3, -0.25) is 9.47 Å². The van der Waals surface area contributed by atoms with Gasteiger partial charge in [0, 0.05) is 0 Å². The summed E-state index contributed by atoms with van der Waals surface area (Å²) in [5, 5.41) is 0. The molecule has 3 heteroatoms. The molecule has 0 atom stereocenters. The van der Waals surface area contributed by atoms with Gasteiger partial charge in [-0.15, -0.1) is 0 Å². The Morgan fingerprint density at radius 1 is 0.929 bits per heavy atom. The van der Waals surface area contributed by atoms with Gasteiger partial charge in [0.25, 0.3) is 0 Å². The van der Waals surface area contributed by atoms with E-state index in [-0.39, 0.29) is 11.2 Å². The molecule has 84 valence electrons. The standard InChI is InChI=1S/C11H24NO2/c1-10(2,3)13-9(12(7)8)14-11(4,5)6/h9H,7H2,1-6,8H3/q+1. The van der Waals surface area contributed by atoms with Crippen molar-refractivity contribution in [1.29, 1.82) is 0 Å². The molecule has 0 fully saturated rings. The highest BCUT2D eigenvalue weighted by Gasteiger charge is 2.29. The van der Waals surface area contributed by atoms with Crippen molar-refractivity contribution in [2.45, 2.75) is 59.2 Å². The summed E-state index contributed by atoms with van der Waals surface area (Å²) in [6.45, 7) is 15.8. The molecule has 0 radical (unpaired) electrons. The first-order valence-electron chi connectivity index (χ1n) is 4.90. The van der Waals surface area contributed by atoms with Crippen LogP contribution in [-0.4, -0.2) is 36.0 Å². The molecule has 0 N–H and O–H groups in total. The summed E-state index contributed by atoms with van der Waals surface area (Å²) in [7, 11) is 1.84. The van der Waals surface area contributed by atoms with Crippen LogP contribution in [0.25, 0.3) is 0 Å². The average molecular weight is 202 g/mol. The van der Waals surface area contributed by atoms with Gasteiger partial charge in [0.1, 0.15) is 13.8 Å². The van der Waals surface area contributed by atoms with E-state index in [0.717, 1.165) is 0 Å². The van der Waals surface area contributed by atoms with Crippen LogP contribution in [0.4, 0.5) is 0 Å². The highest BCUT2D eigenvalue weighted by Crippen LogP contribution is 2.17. The highest BCUT2D eigenvalue weighted by atomic mass is 16.7. The van der Waals surface area contributed by atoms with Crippen molar-refractivity contribution in [1.82, 2.24) is 0 Å². The van der Waals surface area contributed by atoms with E-state index in [1.807, 2.05) is 48.6 Å². The number of rotatable bonds is 3. The summed E-state index contributed by atoms with van der Waals surface area (Å²) < 4.78 is 13.1. The first-order chi connectivity index (χ1) is 6.01. The van der Waals surface area contributed by atoms with Crippen LogP contribution in [0.2, 0.25) is 0 Å². The lowest BCUT2D eigenvalue weighted by atomic mass is 10.2. The zero-order chi connectivity index (χ0) is 11.6. The van der Waals surface area contributed by atoms with Gasteiger partial charge in [0.15, 0.2) is 0 Å². The van der Waals surface area contributed by atoms with Crippen molar-refractivity contribution in [2.24, 2.45) is 0 Å².